The molecule has 0 bridgehead atoms. The van der Waals surface area contributed by atoms with Crippen molar-refractivity contribution in [3.63, 3.8) is 0 Å². The van der Waals surface area contributed by atoms with Gasteiger partial charge in [0.05, 0.1) is 0 Å². The van der Waals surface area contributed by atoms with Crippen LogP contribution in [0.15, 0.2) is 29.2 Å². The van der Waals surface area contributed by atoms with Crippen molar-refractivity contribution in [1.82, 2.24) is 0 Å². The lowest BCUT2D eigenvalue weighted by atomic mass is 10.4. The summed E-state index contributed by atoms with van der Waals surface area (Å²) in [6, 6.07) is 3.83. The average molecular weight is 323 g/mol. The Balaban J connectivity index is 3.15. The molecule has 0 unspecified atom stereocenters. The minimum absolute atomic E-state index is 0.132. The Bertz CT molecular complexity index is 636. The van der Waals surface area contributed by atoms with Gasteiger partial charge in [-0.25, -0.2) is 16.8 Å². The second kappa shape index (κ2) is 4.68. The van der Waals surface area contributed by atoms with Crippen molar-refractivity contribution in [2.45, 2.75) is 10.4 Å². The van der Waals surface area contributed by atoms with Gasteiger partial charge in [0, 0.05) is 9.92 Å². The van der Waals surface area contributed by atoms with E-state index in [0.717, 1.165) is 24.3 Å². The molecule has 1 rings (SSSR count). The van der Waals surface area contributed by atoms with Gasteiger partial charge in [0.25, 0.3) is 0 Å². The molecular formula is C7H4ClF3NO4S2-. The zero-order chi connectivity index (χ0) is 14.2. The van der Waals surface area contributed by atoms with Crippen LogP contribution in [0.3, 0.4) is 0 Å². The lowest BCUT2D eigenvalue weighted by Gasteiger charge is -2.22. The number of rotatable bonds is 3. The van der Waals surface area contributed by atoms with Crippen LogP contribution in [0.5, 0.6) is 0 Å². The molecule has 5 nitrogen and oxygen atoms in total. The Morgan fingerprint density at radius 3 is 1.83 bits per heavy atom. The van der Waals surface area contributed by atoms with Crippen molar-refractivity contribution in [3.8, 4) is 0 Å². The molecule has 0 amide bonds. The Morgan fingerprint density at radius 2 is 1.44 bits per heavy atom. The van der Waals surface area contributed by atoms with Crippen LogP contribution < -0.4 is 0 Å². The molecule has 0 radical (unpaired) electrons. The van der Waals surface area contributed by atoms with Crippen LogP contribution in [0.25, 0.3) is 4.13 Å². The van der Waals surface area contributed by atoms with Crippen LogP contribution >= 0.6 is 11.6 Å². The fourth-order valence-corrected chi connectivity index (χ4v) is 3.14. The molecule has 0 saturated heterocycles. The first kappa shape index (κ1) is 15.2. The molecule has 1 aromatic rings. The predicted molar refractivity (Wildman–Crippen MR) is 57.0 cm³/mol. The highest BCUT2D eigenvalue weighted by molar-refractivity contribution is 8.12. The van der Waals surface area contributed by atoms with Crippen LogP contribution in [0.2, 0.25) is 5.02 Å². The lowest BCUT2D eigenvalue weighted by Crippen LogP contribution is -2.24. The van der Waals surface area contributed by atoms with E-state index in [0.29, 0.717) is 0 Å². The number of alkyl halides is 3. The molecule has 0 aliphatic carbocycles. The summed E-state index contributed by atoms with van der Waals surface area (Å²) in [6.07, 6.45) is 0. The van der Waals surface area contributed by atoms with Gasteiger partial charge in [0.1, 0.15) is 10.0 Å². The summed E-state index contributed by atoms with van der Waals surface area (Å²) >= 11 is 5.44. The van der Waals surface area contributed by atoms with E-state index in [2.05, 4.69) is 0 Å². The Morgan fingerprint density at radius 1 is 1.00 bits per heavy atom. The molecule has 18 heavy (non-hydrogen) atoms. The van der Waals surface area contributed by atoms with E-state index in [1.165, 1.54) is 0 Å². The van der Waals surface area contributed by atoms with Crippen molar-refractivity contribution < 1.29 is 30.0 Å². The number of hydrogen-bond donors (Lipinski definition) is 0. The van der Waals surface area contributed by atoms with Crippen LogP contribution in [-0.2, 0) is 20.0 Å². The van der Waals surface area contributed by atoms with Crippen molar-refractivity contribution >= 4 is 31.6 Å². The summed E-state index contributed by atoms with van der Waals surface area (Å²) < 4.78 is 81.7. The van der Waals surface area contributed by atoms with Gasteiger partial charge >= 0.3 is 5.51 Å². The quantitative estimate of drug-likeness (QED) is 0.854. The van der Waals surface area contributed by atoms with Gasteiger partial charge in [0.2, 0.25) is 0 Å². The smallest absolute Gasteiger partial charge is 0.424 e. The molecule has 1 aromatic carbocycles. The Kier molecular flexibility index (Phi) is 3.96. The first-order valence-corrected chi connectivity index (χ1v) is 7.28. The van der Waals surface area contributed by atoms with Crippen molar-refractivity contribution in [1.29, 1.82) is 0 Å². The molecule has 0 N–H and O–H groups in total. The molecule has 0 aliphatic rings. The third-order valence-corrected chi connectivity index (χ3v) is 4.88. The molecule has 0 fully saturated rings. The van der Waals surface area contributed by atoms with Crippen LogP contribution in [0.1, 0.15) is 0 Å². The third kappa shape index (κ3) is 3.34. The van der Waals surface area contributed by atoms with Crippen molar-refractivity contribution in [3.05, 3.63) is 33.4 Å². The molecule has 0 atom stereocenters. The zero-order valence-electron chi connectivity index (χ0n) is 8.22. The SMILES string of the molecule is O=S(=O)([N-]S(=O)(=O)C(F)(F)F)c1ccc(Cl)cc1. The largest absolute Gasteiger partial charge is 0.480 e. The van der Waals surface area contributed by atoms with Gasteiger partial charge in [-0.05, 0) is 24.3 Å². The second-order valence-electron chi connectivity index (χ2n) is 2.92. The van der Waals surface area contributed by atoms with Gasteiger partial charge in [-0.1, -0.05) is 11.6 Å². The first-order chi connectivity index (χ1) is 7.96. The molecule has 0 heterocycles. The van der Waals surface area contributed by atoms with Gasteiger partial charge in [-0.2, -0.15) is 13.2 Å². The fourth-order valence-electron chi connectivity index (χ4n) is 0.821. The topological polar surface area (TPSA) is 82.4 Å². The van der Waals surface area contributed by atoms with Crippen LogP contribution in [0.4, 0.5) is 13.2 Å². The van der Waals surface area contributed by atoms with E-state index in [1.54, 1.807) is 0 Å². The second-order valence-corrected chi connectivity index (χ2v) is 6.79. The first-order valence-electron chi connectivity index (χ1n) is 4.02. The van der Waals surface area contributed by atoms with E-state index < -0.39 is 30.5 Å². The highest BCUT2D eigenvalue weighted by Gasteiger charge is 2.40. The van der Waals surface area contributed by atoms with E-state index in [4.69, 9.17) is 11.6 Å². The molecular weight excluding hydrogens is 319 g/mol. The summed E-state index contributed by atoms with van der Waals surface area (Å²) in [6.45, 7) is 0. The maximum atomic E-state index is 12.0. The number of benzene rings is 1. The van der Waals surface area contributed by atoms with Gasteiger partial charge in [-0.3, -0.25) is 0 Å². The fraction of sp³-hybridized carbons (Fsp3) is 0.143. The lowest BCUT2D eigenvalue weighted by molar-refractivity contribution is -0.0425. The highest BCUT2D eigenvalue weighted by Crippen LogP contribution is 2.32. The minimum Gasteiger partial charge on any atom is -0.424 e. The molecule has 0 saturated carbocycles. The maximum absolute atomic E-state index is 12.0. The van der Waals surface area contributed by atoms with Gasteiger partial charge < -0.3 is 4.13 Å². The summed E-state index contributed by atoms with van der Waals surface area (Å²) in [5, 5.41) is 0.132. The summed E-state index contributed by atoms with van der Waals surface area (Å²) in [5.74, 6) is 0. The average Bonchev–Trinajstić information content (AvgIpc) is 2.14. The summed E-state index contributed by atoms with van der Waals surface area (Å²) in [7, 11) is -11.1. The number of sulfonamides is 2. The zero-order valence-corrected chi connectivity index (χ0v) is 10.6. The number of nitrogens with zero attached hydrogens (tertiary/aromatic N) is 1. The normalized spacial score (nSPS) is 13.6. The highest BCUT2D eigenvalue weighted by atomic mass is 35.5. The third-order valence-electron chi connectivity index (χ3n) is 1.60. The molecule has 0 aromatic heterocycles. The molecule has 0 aliphatic heterocycles. The monoisotopic (exact) mass is 322 g/mol. The van der Waals surface area contributed by atoms with E-state index in [-0.39, 0.29) is 5.02 Å². The number of hydrogen-bond acceptors (Lipinski definition) is 4. The van der Waals surface area contributed by atoms with E-state index >= 15 is 0 Å². The Labute approximate surface area is 106 Å². The van der Waals surface area contributed by atoms with Gasteiger partial charge in [-0.15, -0.1) is 0 Å². The maximum Gasteiger partial charge on any atom is 0.480 e. The van der Waals surface area contributed by atoms with Gasteiger partial charge in [0.15, 0.2) is 10.0 Å². The minimum atomic E-state index is -6.11. The molecule has 102 valence electrons. The van der Waals surface area contributed by atoms with Crippen molar-refractivity contribution in [2.24, 2.45) is 0 Å². The van der Waals surface area contributed by atoms with Crippen LogP contribution in [0, 0.1) is 0 Å². The molecule has 11 heteroatoms. The summed E-state index contributed by atoms with van der Waals surface area (Å²) in [4.78, 5) is -0.709. The standard InChI is InChI=1S/C7H4ClF3NO4S2/c8-5-1-3-6(4-2-5)17(13,14)12-18(15,16)7(9,10)11/h1-4H/q-1. The predicted octanol–water partition coefficient (Wildman–Crippen LogP) is 2.25. The Hall–Kier alpha value is -0.840. The van der Waals surface area contributed by atoms with Crippen molar-refractivity contribution in [2.75, 3.05) is 0 Å². The summed E-state index contributed by atoms with van der Waals surface area (Å²) in [5.41, 5.74) is -5.77. The number of halogens is 4. The van der Waals surface area contributed by atoms with E-state index in [9.17, 15) is 30.0 Å². The van der Waals surface area contributed by atoms with E-state index in [1.807, 2.05) is 4.13 Å². The van der Waals surface area contributed by atoms with Crippen LogP contribution in [-0.4, -0.2) is 22.3 Å². The molecule has 0 spiro atoms.